The van der Waals surface area contributed by atoms with Crippen LogP contribution in [0.25, 0.3) is 0 Å². The molecule has 0 saturated carbocycles. The predicted molar refractivity (Wildman–Crippen MR) is 105 cm³/mol. The maximum Gasteiger partial charge on any atom is 0.255 e. The number of nitrogens with zero attached hydrogens (tertiary/aromatic N) is 1. The van der Waals surface area contributed by atoms with Crippen LogP contribution >= 0.6 is 0 Å². The summed E-state index contributed by atoms with van der Waals surface area (Å²) in [6.07, 6.45) is 1.83. The first-order chi connectivity index (χ1) is 13.1. The van der Waals surface area contributed by atoms with E-state index in [-0.39, 0.29) is 18.4 Å². The van der Waals surface area contributed by atoms with Crippen LogP contribution in [-0.4, -0.2) is 38.7 Å². The van der Waals surface area contributed by atoms with Gasteiger partial charge in [-0.1, -0.05) is 6.07 Å². The van der Waals surface area contributed by atoms with Gasteiger partial charge in [0.1, 0.15) is 12.4 Å². The van der Waals surface area contributed by atoms with Crippen molar-refractivity contribution in [3.8, 4) is 5.75 Å². The lowest BCUT2D eigenvalue weighted by molar-refractivity contribution is -0.122. The first-order valence-corrected chi connectivity index (χ1v) is 9.09. The van der Waals surface area contributed by atoms with Gasteiger partial charge in [0.2, 0.25) is 0 Å². The van der Waals surface area contributed by atoms with Gasteiger partial charge in [-0.2, -0.15) is 0 Å². The monoisotopic (exact) mass is 368 g/mol. The van der Waals surface area contributed by atoms with Crippen LogP contribution < -0.4 is 15.0 Å². The van der Waals surface area contributed by atoms with Crippen molar-refractivity contribution in [1.29, 1.82) is 0 Å². The molecule has 1 heterocycles. The molecule has 0 saturated heterocycles. The van der Waals surface area contributed by atoms with Crippen molar-refractivity contribution < 1.29 is 19.1 Å². The van der Waals surface area contributed by atoms with Crippen LogP contribution in [0.2, 0.25) is 0 Å². The molecule has 0 aromatic heterocycles. The first-order valence-electron chi connectivity index (χ1n) is 9.09. The topological polar surface area (TPSA) is 67.9 Å². The zero-order valence-corrected chi connectivity index (χ0v) is 15.7. The van der Waals surface area contributed by atoms with Gasteiger partial charge in [0.25, 0.3) is 11.8 Å². The van der Waals surface area contributed by atoms with E-state index in [1.807, 2.05) is 25.1 Å². The number of fused-ring (bicyclic) bond motifs is 1. The third-order valence-corrected chi connectivity index (χ3v) is 4.46. The summed E-state index contributed by atoms with van der Waals surface area (Å²) in [6.45, 7) is 3.20. The van der Waals surface area contributed by atoms with Gasteiger partial charge in [0, 0.05) is 30.6 Å². The molecule has 0 fully saturated rings. The van der Waals surface area contributed by atoms with Gasteiger partial charge in [-0.05, 0) is 61.7 Å². The number of carbonyl (C=O) groups excluding carboxylic acids is 2. The van der Waals surface area contributed by atoms with Gasteiger partial charge in [0.05, 0.1) is 6.61 Å². The summed E-state index contributed by atoms with van der Waals surface area (Å²) in [7, 11) is 1.51. The van der Waals surface area contributed by atoms with Crippen molar-refractivity contribution in [2.24, 2.45) is 0 Å². The molecule has 2 amide bonds. The third-order valence-electron chi connectivity index (χ3n) is 4.46. The molecular weight excluding hydrogens is 344 g/mol. The van der Waals surface area contributed by atoms with Gasteiger partial charge in [-0.15, -0.1) is 0 Å². The van der Waals surface area contributed by atoms with Crippen LogP contribution in [0.3, 0.4) is 0 Å². The van der Waals surface area contributed by atoms with Crippen LogP contribution in [0.15, 0.2) is 42.5 Å². The molecule has 0 unspecified atom stereocenters. The van der Waals surface area contributed by atoms with Crippen LogP contribution in [0.5, 0.6) is 5.75 Å². The number of hydrogen-bond acceptors (Lipinski definition) is 4. The second-order valence-electron chi connectivity index (χ2n) is 6.34. The lowest BCUT2D eigenvalue weighted by Crippen LogP contribution is -2.37. The van der Waals surface area contributed by atoms with E-state index in [2.05, 4.69) is 5.32 Å². The summed E-state index contributed by atoms with van der Waals surface area (Å²) < 4.78 is 10.4. The Bertz CT molecular complexity index is 817. The van der Waals surface area contributed by atoms with Gasteiger partial charge >= 0.3 is 0 Å². The molecule has 2 aromatic rings. The zero-order valence-electron chi connectivity index (χ0n) is 15.7. The zero-order chi connectivity index (χ0) is 19.2. The molecule has 0 aliphatic carbocycles. The van der Waals surface area contributed by atoms with Crippen molar-refractivity contribution >= 4 is 23.2 Å². The third kappa shape index (κ3) is 4.46. The maximum atomic E-state index is 12.5. The number of benzene rings is 2. The molecule has 3 rings (SSSR count). The molecule has 6 heteroatoms. The summed E-state index contributed by atoms with van der Waals surface area (Å²) in [4.78, 5) is 26.6. The SMILES string of the molecule is CCOc1ccc(C(=O)Nc2ccc3c(c2)N(C(=O)COC)CCC3)cc1. The summed E-state index contributed by atoms with van der Waals surface area (Å²) >= 11 is 0. The lowest BCUT2D eigenvalue weighted by Gasteiger charge is -2.29. The molecule has 1 aliphatic heterocycles. The Labute approximate surface area is 159 Å². The number of anilines is 2. The van der Waals surface area contributed by atoms with Gasteiger partial charge in [-0.3, -0.25) is 9.59 Å². The van der Waals surface area contributed by atoms with E-state index >= 15 is 0 Å². The van der Waals surface area contributed by atoms with Crippen molar-refractivity contribution in [3.05, 3.63) is 53.6 Å². The van der Waals surface area contributed by atoms with E-state index in [0.717, 1.165) is 29.8 Å². The van der Waals surface area contributed by atoms with Crippen LogP contribution in [-0.2, 0) is 16.0 Å². The number of hydrogen-bond donors (Lipinski definition) is 1. The van der Waals surface area contributed by atoms with Crippen LogP contribution in [0.4, 0.5) is 11.4 Å². The molecule has 2 aromatic carbocycles. The highest BCUT2D eigenvalue weighted by Crippen LogP contribution is 2.30. The van der Waals surface area contributed by atoms with Gasteiger partial charge in [-0.25, -0.2) is 0 Å². The molecule has 1 N–H and O–H groups in total. The Morgan fingerprint density at radius 2 is 1.93 bits per heavy atom. The highest BCUT2D eigenvalue weighted by molar-refractivity contribution is 6.05. The number of aryl methyl sites for hydroxylation is 1. The highest BCUT2D eigenvalue weighted by atomic mass is 16.5. The molecule has 0 atom stereocenters. The largest absolute Gasteiger partial charge is 0.494 e. The van der Waals surface area contributed by atoms with E-state index in [4.69, 9.17) is 9.47 Å². The molecule has 6 nitrogen and oxygen atoms in total. The number of ether oxygens (including phenoxy) is 2. The molecular formula is C21H24N2O4. The summed E-state index contributed by atoms with van der Waals surface area (Å²) in [5.41, 5.74) is 3.14. The van der Waals surface area contributed by atoms with Gasteiger partial charge in [0.15, 0.2) is 0 Å². The molecule has 27 heavy (non-hydrogen) atoms. The Morgan fingerprint density at radius 3 is 2.63 bits per heavy atom. The molecule has 0 spiro atoms. The van der Waals surface area contributed by atoms with Crippen molar-refractivity contribution in [2.45, 2.75) is 19.8 Å². The van der Waals surface area contributed by atoms with Crippen molar-refractivity contribution in [1.82, 2.24) is 0 Å². The molecule has 0 radical (unpaired) electrons. The number of rotatable bonds is 6. The van der Waals surface area contributed by atoms with Crippen LogP contribution in [0, 0.1) is 0 Å². The standard InChI is InChI=1S/C21H24N2O4/c1-3-27-18-10-7-16(8-11-18)21(25)22-17-9-6-15-5-4-12-23(19(15)13-17)20(24)14-26-2/h6-11,13H,3-5,12,14H2,1-2H3,(H,22,25). The van der Waals surface area contributed by atoms with Crippen molar-refractivity contribution in [3.63, 3.8) is 0 Å². The average molecular weight is 368 g/mol. The number of methoxy groups -OCH3 is 1. The van der Waals surface area contributed by atoms with E-state index in [1.54, 1.807) is 29.2 Å². The molecule has 0 bridgehead atoms. The van der Waals surface area contributed by atoms with E-state index in [0.29, 0.717) is 24.4 Å². The smallest absolute Gasteiger partial charge is 0.255 e. The number of carbonyl (C=O) groups is 2. The second kappa shape index (κ2) is 8.68. The first kappa shape index (κ1) is 18.9. The maximum absolute atomic E-state index is 12.5. The number of amides is 2. The Morgan fingerprint density at radius 1 is 1.15 bits per heavy atom. The minimum Gasteiger partial charge on any atom is -0.494 e. The normalized spacial score (nSPS) is 13.0. The lowest BCUT2D eigenvalue weighted by atomic mass is 10.0. The van der Waals surface area contributed by atoms with E-state index in [1.165, 1.54) is 7.11 Å². The van der Waals surface area contributed by atoms with E-state index < -0.39 is 0 Å². The fourth-order valence-corrected chi connectivity index (χ4v) is 3.19. The average Bonchev–Trinajstić information content (AvgIpc) is 2.68. The Hall–Kier alpha value is -2.86. The summed E-state index contributed by atoms with van der Waals surface area (Å²) in [5.74, 6) is 0.451. The molecule has 142 valence electrons. The second-order valence-corrected chi connectivity index (χ2v) is 6.34. The fourth-order valence-electron chi connectivity index (χ4n) is 3.19. The molecule has 1 aliphatic rings. The quantitative estimate of drug-likeness (QED) is 0.850. The fraction of sp³-hybridized carbons (Fsp3) is 0.333. The Kier molecular flexibility index (Phi) is 6.08. The number of nitrogens with one attached hydrogen (secondary N) is 1. The minimum absolute atomic E-state index is 0.0439. The minimum atomic E-state index is -0.205. The summed E-state index contributed by atoms with van der Waals surface area (Å²) in [6, 6.07) is 12.7. The van der Waals surface area contributed by atoms with Gasteiger partial charge < -0.3 is 19.7 Å². The Balaban J connectivity index is 1.76. The predicted octanol–water partition coefficient (Wildman–Crippen LogP) is 3.26. The van der Waals surface area contributed by atoms with Crippen LogP contribution in [0.1, 0.15) is 29.3 Å². The van der Waals surface area contributed by atoms with Crippen molar-refractivity contribution in [2.75, 3.05) is 37.1 Å². The summed E-state index contributed by atoms with van der Waals surface area (Å²) in [5, 5.41) is 2.90. The van der Waals surface area contributed by atoms with E-state index in [9.17, 15) is 9.59 Å². The highest BCUT2D eigenvalue weighted by Gasteiger charge is 2.23.